The summed E-state index contributed by atoms with van der Waals surface area (Å²) in [5, 5.41) is 14.4. The Morgan fingerprint density at radius 3 is 2.56 bits per heavy atom. The summed E-state index contributed by atoms with van der Waals surface area (Å²) in [6.45, 7) is 8.29. The molecule has 0 aromatic heterocycles. The third kappa shape index (κ3) is 7.64. The summed E-state index contributed by atoms with van der Waals surface area (Å²) < 4.78 is 28.9. The van der Waals surface area contributed by atoms with Crippen LogP contribution in [0.1, 0.15) is 53.0 Å². The lowest BCUT2D eigenvalue weighted by Gasteiger charge is -2.42. The van der Waals surface area contributed by atoms with Crippen LogP contribution in [0.25, 0.3) is 0 Å². The fourth-order valence-electron chi connectivity index (χ4n) is 6.27. The molecule has 0 saturated carbocycles. The Morgan fingerprint density at radius 2 is 1.94 bits per heavy atom. The zero-order chi connectivity index (χ0) is 35.7. The summed E-state index contributed by atoms with van der Waals surface area (Å²) in [6.07, 6.45) is 1.02. The van der Waals surface area contributed by atoms with E-state index in [1.807, 2.05) is 13.0 Å². The van der Waals surface area contributed by atoms with Crippen molar-refractivity contribution < 1.29 is 48.0 Å². The number of allylic oxidation sites excluding steroid dienone is 3. The summed E-state index contributed by atoms with van der Waals surface area (Å²) in [5.41, 5.74) is -0.871. The number of hydrogen-bond acceptors (Lipinski definition) is 10. The average Bonchev–Trinajstić information content (AvgIpc) is 3.73. The number of aliphatic hydroxyl groups is 1. The Labute approximate surface area is 286 Å². The fraction of sp³-hybridized carbons (Fsp3) is 0.588. The van der Waals surface area contributed by atoms with E-state index in [1.54, 1.807) is 45.2 Å². The quantitative estimate of drug-likeness (QED) is 0.346. The third-order valence-electron chi connectivity index (χ3n) is 9.63. The van der Waals surface area contributed by atoms with Crippen LogP contribution in [-0.2, 0) is 39.8 Å². The number of carbonyl (C=O) groups is 4. The molecule has 1 aromatic rings. The summed E-state index contributed by atoms with van der Waals surface area (Å²) in [4.78, 5) is 54.7. The number of epoxide rings is 1. The number of esters is 1. The van der Waals surface area contributed by atoms with E-state index in [4.69, 9.17) is 35.3 Å². The second kappa shape index (κ2) is 14.5. The lowest BCUT2D eigenvalue weighted by Crippen LogP contribution is -2.63. The summed E-state index contributed by atoms with van der Waals surface area (Å²) in [5.74, 6) is -1.63. The zero-order valence-corrected chi connectivity index (χ0v) is 29.6. The molecule has 14 heteroatoms. The molecule has 13 nitrogen and oxygen atoms in total. The Kier molecular flexibility index (Phi) is 11.2. The van der Waals surface area contributed by atoms with Crippen LogP contribution in [0, 0.1) is 5.92 Å². The van der Waals surface area contributed by atoms with Gasteiger partial charge in [-0.05, 0) is 44.9 Å². The first-order chi connectivity index (χ1) is 22.4. The number of methoxy groups -OCH3 is 2. The molecule has 3 unspecified atom stereocenters. The predicted molar refractivity (Wildman–Crippen MR) is 177 cm³/mol. The van der Waals surface area contributed by atoms with E-state index in [-0.39, 0.29) is 23.8 Å². The number of likely N-dealkylation sites (N-methyl/N-ethyl adjacent to an activating group) is 1. The highest BCUT2D eigenvalue weighted by Gasteiger charge is 2.64. The van der Waals surface area contributed by atoms with Gasteiger partial charge >= 0.3 is 12.1 Å². The van der Waals surface area contributed by atoms with Crippen LogP contribution >= 0.6 is 11.6 Å². The van der Waals surface area contributed by atoms with Gasteiger partial charge in [-0.25, -0.2) is 9.59 Å². The molecule has 3 heterocycles. The van der Waals surface area contributed by atoms with Crippen LogP contribution in [0.15, 0.2) is 35.9 Å². The van der Waals surface area contributed by atoms with Gasteiger partial charge in [-0.2, -0.15) is 0 Å². The van der Waals surface area contributed by atoms with Crippen LogP contribution in [0.2, 0.25) is 5.02 Å². The Bertz CT molecular complexity index is 1500. The molecule has 0 spiro atoms. The van der Waals surface area contributed by atoms with Gasteiger partial charge in [0.2, 0.25) is 11.8 Å². The van der Waals surface area contributed by atoms with Crippen molar-refractivity contribution in [1.29, 1.82) is 0 Å². The molecule has 0 radical (unpaired) electrons. The van der Waals surface area contributed by atoms with Crippen LogP contribution in [0.3, 0.4) is 0 Å². The third-order valence-corrected chi connectivity index (χ3v) is 10.0. The first-order valence-corrected chi connectivity index (χ1v) is 16.2. The van der Waals surface area contributed by atoms with Crippen LogP contribution in [0.5, 0.6) is 5.75 Å². The van der Waals surface area contributed by atoms with Crippen molar-refractivity contribution >= 4 is 41.2 Å². The highest BCUT2D eigenvalue weighted by Crippen LogP contribution is 2.49. The number of carbonyl (C=O) groups excluding carboxylic acids is 4. The van der Waals surface area contributed by atoms with Crippen molar-refractivity contribution in [3.8, 4) is 5.75 Å². The normalized spacial score (nSPS) is 33.2. The molecule has 2 N–H and O–H groups in total. The molecular weight excluding hydrogens is 646 g/mol. The number of anilines is 1. The second-order valence-corrected chi connectivity index (χ2v) is 13.4. The molecule has 3 aliphatic rings. The number of fused-ring (bicyclic) bond motifs is 5. The highest BCUT2D eigenvalue weighted by atomic mass is 35.5. The van der Waals surface area contributed by atoms with Crippen LogP contribution < -0.4 is 15.0 Å². The number of ether oxygens (including phenoxy) is 5. The molecule has 4 bridgehead atoms. The van der Waals surface area contributed by atoms with Gasteiger partial charge in [-0.3, -0.25) is 14.9 Å². The Balaban J connectivity index is 1.80. The smallest absolute Gasteiger partial charge is 0.409 e. The number of rotatable bonds is 5. The van der Waals surface area contributed by atoms with Gasteiger partial charge in [0, 0.05) is 40.5 Å². The van der Waals surface area contributed by atoms with E-state index in [0.29, 0.717) is 17.9 Å². The average molecular weight is 692 g/mol. The van der Waals surface area contributed by atoms with Gasteiger partial charge in [0.1, 0.15) is 40.7 Å². The SMILES string of the molecule is COc1cc2cc(c1Cl)N(C)C(=O)C[C@H](OC(=O)[C@H](C)N(C)C(C)=O)C1(C)OC1[C@H](C)C1C[C@@](O)(NC(=O)O1)[C@H](OC)/C=C/C=C(\C)C2. The van der Waals surface area contributed by atoms with E-state index >= 15 is 0 Å². The van der Waals surface area contributed by atoms with Crippen molar-refractivity contribution in [1.82, 2.24) is 10.2 Å². The number of hydrogen-bond donors (Lipinski definition) is 2. The monoisotopic (exact) mass is 691 g/mol. The first kappa shape index (κ1) is 37.2. The summed E-state index contributed by atoms with van der Waals surface area (Å²) in [7, 11) is 5.97. The number of alkyl carbamates (subject to hydrolysis) is 1. The topological polar surface area (TPSA) is 156 Å². The van der Waals surface area contributed by atoms with Crippen molar-refractivity contribution in [3.63, 3.8) is 0 Å². The predicted octanol–water partition coefficient (Wildman–Crippen LogP) is 3.53. The highest BCUT2D eigenvalue weighted by molar-refractivity contribution is 6.35. The minimum atomic E-state index is -1.81. The van der Waals surface area contributed by atoms with E-state index in [0.717, 1.165) is 11.1 Å². The summed E-state index contributed by atoms with van der Waals surface area (Å²) >= 11 is 6.71. The van der Waals surface area contributed by atoms with Crippen LogP contribution in [-0.4, -0.2) is 104 Å². The minimum Gasteiger partial charge on any atom is -0.495 e. The van der Waals surface area contributed by atoms with E-state index in [1.165, 1.54) is 44.9 Å². The number of halogens is 1. The van der Waals surface area contributed by atoms with E-state index in [9.17, 15) is 24.3 Å². The number of nitrogens with zero attached hydrogens (tertiary/aromatic N) is 2. The van der Waals surface area contributed by atoms with E-state index in [2.05, 4.69) is 5.32 Å². The van der Waals surface area contributed by atoms with Crippen molar-refractivity contribution in [2.24, 2.45) is 5.92 Å². The molecule has 1 aromatic carbocycles. The van der Waals surface area contributed by atoms with Gasteiger partial charge in [-0.1, -0.05) is 42.3 Å². The summed E-state index contributed by atoms with van der Waals surface area (Å²) in [6, 6.07) is 2.63. The fourth-order valence-corrected chi connectivity index (χ4v) is 6.59. The lowest BCUT2D eigenvalue weighted by atomic mass is 9.83. The minimum absolute atomic E-state index is 0.0436. The molecule has 48 heavy (non-hydrogen) atoms. The number of nitrogens with one attached hydrogen (secondary N) is 1. The lowest BCUT2D eigenvalue weighted by molar-refractivity contribution is -0.161. The van der Waals surface area contributed by atoms with Crippen molar-refractivity contribution in [2.75, 3.05) is 33.2 Å². The first-order valence-electron chi connectivity index (χ1n) is 15.8. The molecule has 4 rings (SSSR count). The molecular formula is C34H46ClN3O10. The molecule has 2 fully saturated rings. The van der Waals surface area contributed by atoms with Crippen LogP contribution in [0.4, 0.5) is 10.5 Å². The van der Waals surface area contributed by atoms with E-state index < -0.39 is 65.7 Å². The van der Waals surface area contributed by atoms with Gasteiger partial charge < -0.3 is 38.6 Å². The van der Waals surface area contributed by atoms with Gasteiger partial charge in [0.05, 0.1) is 25.3 Å². The molecule has 264 valence electrons. The largest absolute Gasteiger partial charge is 0.495 e. The molecule has 0 aliphatic carbocycles. The number of amides is 3. The van der Waals surface area contributed by atoms with Gasteiger partial charge in [0.15, 0.2) is 5.72 Å². The molecule has 2 saturated heterocycles. The maximum absolute atomic E-state index is 14.0. The standard InChI is InChI=1S/C34H46ClN3O10/c1-18-11-10-12-26(45-9)34(43)17-25(46-32(42)36-34)19(2)30-33(5,48-30)27(47-31(41)20(3)37(6)21(4)39)16-28(40)38(7)23-14-22(13-18)15-24(44-8)29(23)35/h10-12,14-15,19-20,25-27,30,43H,13,16-17H2,1-9H3,(H,36,42)/b12-10+,18-11+/t19-,20+,25?,26-,27+,30?,33?,34+/m1/s1. The van der Waals surface area contributed by atoms with Crippen molar-refractivity contribution in [3.05, 3.63) is 46.5 Å². The van der Waals surface area contributed by atoms with Crippen molar-refractivity contribution in [2.45, 2.75) is 95.7 Å². The number of benzene rings is 1. The second-order valence-electron chi connectivity index (χ2n) is 13.0. The molecule has 8 atom stereocenters. The zero-order valence-electron chi connectivity index (χ0n) is 28.9. The van der Waals surface area contributed by atoms with Gasteiger partial charge in [-0.15, -0.1) is 0 Å². The Morgan fingerprint density at radius 1 is 1.25 bits per heavy atom. The maximum Gasteiger partial charge on any atom is 0.409 e. The molecule has 3 aliphatic heterocycles. The van der Waals surface area contributed by atoms with Gasteiger partial charge in [0.25, 0.3) is 0 Å². The maximum atomic E-state index is 14.0. The Hall–Kier alpha value is -3.65. The molecule has 3 amide bonds.